The van der Waals surface area contributed by atoms with Gasteiger partial charge in [-0.05, 0) is 25.0 Å². The highest BCUT2D eigenvalue weighted by Crippen LogP contribution is 2.15. The normalized spacial score (nSPS) is 15.0. The molecule has 6 nitrogen and oxygen atoms in total. The van der Waals surface area contributed by atoms with E-state index in [1.165, 1.54) is 6.20 Å². The molecular weight excluding hydrogens is 292 g/mol. The largest absolute Gasteiger partial charge is 0.347 e. The molecule has 0 saturated carbocycles. The zero-order valence-electron chi connectivity index (χ0n) is 13.4. The van der Waals surface area contributed by atoms with Crippen molar-refractivity contribution in [3.05, 3.63) is 23.9 Å². The number of hydrogen-bond acceptors (Lipinski definition) is 4. The van der Waals surface area contributed by atoms with E-state index in [1.54, 1.807) is 12.1 Å². The second-order valence-electron chi connectivity index (χ2n) is 5.45. The Bertz CT molecular complexity index is 592. The van der Waals surface area contributed by atoms with E-state index in [4.69, 9.17) is 6.42 Å². The number of aromatic nitrogens is 1. The van der Waals surface area contributed by atoms with Gasteiger partial charge in [0.15, 0.2) is 0 Å². The summed E-state index contributed by atoms with van der Waals surface area (Å²) < 4.78 is 0. The SMILES string of the molecule is C#CCNC(=O)c1ccc(N2CCCN(CCC)C(=O)C2)nc1. The maximum Gasteiger partial charge on any atom is 0.253 e. The molecule has 0 atom stereocenters. The number of carbonyl (C=O) groups is 2. The van der Waals surface area contributed by atoms with Gasteiger partial charge in [-0.15, -0.1) is 6.42 Å². The van der Waals surface area contributed by atoms with E-state index >= 15 is 0 Å². The molecule has 0 spiro atoms. The third-order valence-corrected chi connectivity index (χ3v) is 3.71. The van der Waals surface area contributed by atoms with Crippen molar-refractivity contribution in [1.82, 2.24) is 15.2 Å². The summed E-state index contributed by atoms with van der Waals surface area (Å²) in [4.78, 5) is 32.2. The standard InChI is InChI=1S/C17H22N4O2/c1-3-8-18-17(23)14-6-7-15(19-12-14)21-11-5-10-20(9-4-2)16(22)13-21/h1,6-7,12H,4-5,8-11,13H2,2H3,(H,18,23). The highest BCUT2D eigenvalue weighted by molar-refractivity contribution is 5.94. The summed E-state index contributed by atoms with van der Waals surface area (Å²) in [6, 6.07) is 3.47. The second-order valence-corrected chi connectivity index (χ2v) is 5.45. The molecule has 1 N–H and O–H groups in total. The molecule has 0 aliphatic carbocycles. The monoisotopic (exact) mass is 314 g/mol. The molecule has 0 aromatic carbocycles. The maximum atomic E-state index is 12.3. The zero-order valence-corrected chi connectivity index (χ0v) is 13.4. The number of pyridine rings is 1. The van der Waals surface area contributed by atoms with Crippen LogP contribution in [0, 0.1) is 12.3 Å². The fourth-order valence-electron chi connectivity index (χ4n) is 2.56. The molecule has 23 heavy (non-hydrogen) atoms. The van der Waals surface area contributed by atoms with Crippen LogP contribution >= 0.6 is 0 Å². The number of nitrogens with zero attached hydrogens (tertiary/aromatic N) is 3. The molecule has 2 amide bonds. The molecule has 1 fully saturated rings. The molecule has 0 radical (unpaired) electrons. The zero-order chi connectivity index (χ0) is 16.7. The molecule has 1 aliphatic rings. The van der Waals surface area contributed by atoms with Crippen LogP contribution < -0.4 is 10.2 Å². The van der Waals surface area contributed by atoms with Gasteiger partial charge < -0.3 is 15.1 Å². The third-order valence-electron chi connectivity index (χ3n) is 3.71. The third kappa shape index (κ3) is 4.46. The lowest BCUT2D eigenvalue weighted by atomic mass is 10.2. The molecule has 1 aliphatic heterocycles. The van der Waals surface area contributed by atoms with Crippen LogP contribution in [0.1, 0.15) is 30.1 Å². The average molecular weight is 314 g/mol. The molecule has 6 heteroatoms. The van der Waals surface area contributed by atoms with E-state index in [-0.39, 0.29) is 18.4 Å². The van der Waals surface area contributed by atoms with E-state index in [0.717, 1.165) is 32.5 Å². The summed E-state index contributed by atoms with van der Waals surface area (Å²) in [5, 5.41) is 2.60. The summed E-state index contributed by atoms with van der Waals surface area (Å²) in [6.45, 7) is 4.96. The first kappa shape index (κ1) is 16.8. The van der Waals surface area contributed by atoms with E-state index in [1.807, 2.05) is 9.80 Å². The van der Waals surface area contributed by atoms with Crippen LogP contribution in [0.25, 0.3) is 0 Å². The van der Waals surface area contributed by atoms with Gasteiger partial charge in [0.1, 0.15) is 5.82 Å². The van der Waals surface area contributed by atoms with Crippen molar-refractivity contribution in [3.63, 3.8) is 0 Å². The van der Waals surface area contributed by atoms with Crippen LogP contribution in [0.3, 0.4) is 0 Å². The summed E-state index contributed by atoms with van der Waals surface area (Å²) in [6.07, 6.45) is 8.51. The van der Waals surface area contributed by atoms with Crippen LogP contribution in [0.5, 0.6) is 0 Å². The topological polar surface area (TPSA) is 65.5 Å². The van der Waals surface area contributed by atoms with Gasteiger partial charge in [-0.1, -0.05) is 12.8 Å². The fraction of sp³-hybridized carbons (Fsp3) is 0.471. The van der Waals surface area contributed by atoms with Gasteiger partial charge in [-0.2, -0.15) is 0 Å². The van der Waals surface area contributed by atoms with Gasteiger partial charge in [0.25, 0.3) is 5.91 Å². The Hall–Kier alpha value is -2.55. The minimum absolute atomic E-state index is 0.127. The average Bonchev–Trinajstić information content (AvgIpc) is 2.75. The Labute approximate surface area is 136 Å². The van der Waals surface area contributed by atoms with Crippen LogP contribution in [0.4, 0.5) is 5.82 Å². The number of amides is 2. The Morgan fingerprint density at radius 2 is 2.26 bits per heavy atom. The van der Waals surface area contributed by atoms with Crippen molar-refractivity contribution in [3.8, 4) is 12.3 Å². The first-order chi connectivity index (χ1) is 11.2. The summed E-state index contributed by atoms with van der Waals surface area (Å²) >= 11 is 0. The second kappa shape index (κ2) is 8.18. The van der Waals surface area contributed by atoms with E-state index in [0.29, 0.717) is 17.9 Å². The van der Waals surface area contributed by atoms with Crippen molar-refractivity contribution in [2.75, 3.05) is 37.6 Å². The van der Waals surface area contributed by atoms with Gasteiger partial charge in [0, 0.05) is 25.8 Å². The molecule has 0 unspecified atom stereocenters. The first-order valence-corrected chi connectivity index (χ1v) is 7.86. The number of terminal acetylenes is 1. The number of nitrogens with one attached hydrogen (secondary N) is 1. The van der Waals surface area contributed by atoms with Gasteiger partial charge >= 0.3 is 0 Å². The molecule has 0 bridgehead atoms. The van der Waals surface area contributed by atoms with E-state index in [9.17, 15) is 9.59 Å². The van der Waals surface area contributed by atoms with Gasteiger partial charge in [0.2, 0.25) is 5.91 Å². The highest BCUT2D eigenvalue weighted by atomic mass is 16.2. The molecule has 2 heterocycles. The van der Waals surface area contributed by atoms with Crippen molar-refractivity contribution < 1.29 is 9.59 Å². The van der Waals surface area contributed by atoms with Gasteiger partial charge in [0.05, 0.1) is 18.7 Å². The lowest BCUT2D eigenvalue weighted by Gasteiger charge is -2.22. The molecule has 122 valence electrons. The maximum absolute atomic E-state index is 12.3. The van der Waals surface area contributed by atoms with Crippen molar-refractivity contribution in [2.45, 2.75) is 19.8 Å². The molecule has 2 rings (SSSR count). The Morgan fingerprint density at radius 3 is 2.91 bits per heavy atom. The number of carbonyl (C=O) groups excluding carboxylic acids is 2. The van der Waals surface area contributed by atoms with Crippen molar-refractivity contribution in [2.24, 2.45) is 0 Å². The van der Waals surface area contributed by atoms with Crippen molar-refractivity contribution in [1.29, 1.82) is 0 Å². The smallest absolute Gasteiger partial charge is 0.253 e. The van der Waals surface area contributed by atoms with Crippen LogP contribution in [-0.4, -0.2) is 54.4 Å². The number of rotatable bonds is 5. The Balaban J connectivity index is 2.03. The summed E-state index contributed by atoms with van der Waals surface area (Å²) in [7, 11) is 0. The molecule has 1 aromatic rings. The fourth-order valence-corrected chi connectivity index (χ4v) is 2.56. The summed E-state index contributed by atoms with van der Waals surface area (Å²) in [5.41, 5.74) is 0.456. The Kier molecular flexibility index (Phi) is 5.98. The minimum atomic E-state index is -0.247. The van der Waals surface area contributed by atoms with Gasteiger partial charge in [-0.3, -0.25) is 9.59 Å². The van der Waals surface area contributed by atoms with Crippen LogP contribution in [0.15, 0.2) is 18.3 Å². The predicted molar refractivity (Wildman–Crippen MR) is 89.1 cm³/mol. The lowest BCUT2D eigenvalue weighted by Crippen LogP contribution is -2.37. The lowest BCUT2D eigenvalue weighted by molar-refractivity contribution is -0.129. The number of hydrogen-bond donors (Lipinski definition) is 1. The quantitative estimate of drug-likeness (QED) is 0.820. The van der Waals surface area contributed by atoms with Crippen molar-refractivity contribution >= 4 is 17.6 Å². The van der Waals surface area contributed by atoms with Gasteiger partial charge in [-0.25, -0.2) is 4.98 Å². The van der Waals surface area contributed by atoms with E-state index < -0.39 is 0 Å². The molecule has 1 aromatic heterocycles. The summed E-state index contributed by atoms with van der Waals surface area (Å²) in [5.74, 6) is 2.95. The first-order valence-electron chi connectivity index (χ1n) is 7.86. The van der Waals surface area contributed by atoms with Crippen LogP contribution in [-0.2, 0) is 4.79 Å². The molecular formula is C17H22N4O2. The Morgan fingerprint density at radius 1 is 1.43 bits per heavy atom. The highest BCUT2D eigenvalue weighted by Gasteiger charge is 2.22. The predicted octanol–water partition coefficient (Wildman–Crippen LogP) is 0.893. The minimum Gasteiger partial charge on any atom is -0.347 e. The molecule has 1 saturated heterocycles. The van der Waals surface area contributed by atoms with E-state index in [2.05, 4.69) is 23.1 Å². The van der Waals surface area contributed by atoms with Crippen LogP contribution in [0.2, 0.25) is 0 Å². The number of anilines is 1.